The highest BCUT2D eigenvalue weighted by Crippen LogP contribution is 2.34. The molecule has 1 aromatic heterocycles. The number of carboxylic acids is 1. The van der Waals surface area contributed by atoms with Crippen LogP contribution in [0.25, 0.3) is 0 Å². The second-order valence-electron chi connectivity index (χ2n) is 5.14. The zero-order valence-corrected chi connectivity index (χ0v) is 12.0. The number of aromatic nitrogens is 1. The highest BCUT2D eigenvalue weighted by atomic mass is 32.2. The molecule has 1 N–H and O–H groups in total. The molecule has 1 aliphatic rings. The van der Waals surface area contributed by atoms with Gasteiger partial charge >= 0.3 is 5.97 Å². The van der Waals surface area contributed by atoms with Gasteiger partial charge in [-0.1, -0.05) is 0 Å². The lowest BCUT2D eigenvalue weighted by atomic mass is 10.4. The van der Waals surface area contributed by atoms with Crippen molar-refractivity contribution in [3.8, 4) is 0 Å². The average Bonchev–Trinajstić information content (AvgIpc) is 2.98. The molecule has 106 valence electrons. The topological polar surface area (TPSA) is 79.6 Å². The molecule has 0 radical (unpaired) electrons. The van der Waals surface area contributed by atoms with E-state index < -0.39 is 16.0 Å². The standard InChI is InChI=1S/C12H18N2O4S/c1-8(2)14(9-4-5-9)19(17,18)10-6-11(12(15)16)13(3)7-10/h6-9H,4-5H2,1-3H3,(H,15,16). The van der Waals surface area contributed by atoms with Crippen molar-refractivity contribution in [2.75, 3.05) is 0 Å². The van der Waals surface area contributed by atoms with Crippen LogP contribution in [0.5, 0.6) is 0 Å². The van der Waals surface area contributed by atoms with Crippen molar-refractivity contribution >= 4 is 16.0 Å². The Kier molecular flexibility index (Phi) is 3.44. The van der Waals surface area contributed by atoms with Gasteiger partial charge in [-0.3, -0.25) is 0 Å². The summed E-state index contributed by atoms with van der Waals surface area (Å²) in [4.78, 5) is 11.0. The summed E-state index contributed by atoms with van der Waals surface area (Å²) < 4.78 is 27.9. The summed E-state index contributed by atoms with van der Waals surface area (Å²) >= 11 is 0. The molecule has 0 amide bonds. The van der Waals surface area contributed by atoms with Crippen molar-refractivity contribution < 1.29 is 18.3 Å². The molecule has 0 aliphatic heterocycles. The van der Waals surface area contributed by atoms with E-state index in [0.717, 1.165) is 12.8 Å². The minimum Gasteiger partial charge on any atom is -0.477 e. The first-order chi connectivity index (χ1) is 8.75. The molecule has 0 atom stereocenters. The van der Waals surface area contributed by atoms with Crippen LogP contribution in [-0.2, 0) is 17.1 Å². The van der Waals surface area contributed by atoms with Gasteiger partial charge in [0.05, 0.1) is 0 Å². The first-order valence-corrected chi connectivity index (χ1v) is 7.62. The fourth-order valence-electron chi connectivity index (χ4n) is 2.23. The summed E-state index contributed by atoms with van der Waals surface area (Å²) in [7, 11) is -2.10. The van der Waals surface area contributed by atoms with Crippen molar-refractivity contribution in [2.45, 2.75) is 43.7 Å². The molecule has 0 unspecified atom stereocenters. The van der Waals surface area contributed by atoms with Crippen molar-refractivity contribution in [3.63, 3.8) is 0 Å². The molecule has 1 fully saturated rings. The first kappa shape index (κ1) is 14.1. The van der Waals surface area contributed by atoms with E-state index >= 15 is 0 Å². The molecule has 1 saturated carbocycles. The van der Waals surface area contributed by atoms with Crippen LogP contribution >= 0.6 is 0 Å². The molecule has 0 aromatic carbocycles. The number of hydrogen-bond acceptors (Lipinski definition) is 3. The van der Waals surface area contributed by atoms with E-state index in [2.05, 4.69) is 0 Å². The third-order valence-electron chi connectivity index (χ3n) is 3.19. The summed E-state index contributed by atoms with van der Waals surface area (Å²) in [5.41, 5.74) is -0.0296. The lowest BCUT2D eigenvalue weighted by Gasteiger charge is -2.25. The van der Waals surface area contributed by atoms with E-state index in [4.69, 9.17) is 5.11 Å². The Balaban J connectivity index is 2.43. The Labute approximate surface area is 112 Å². The number of rotatable bonds is 5. The van der Waals surface area contributed by atoms with Crippen LogP contribution in [-0.4, -0.2) is 40.4 Å². The summed E-state index contributed by atoms with van der Waals surface area (Å²) in [5, 5.41) is 8.98. The van der Waals surface area contributed by atoms with E-state index in [1.165, 1.54) is 28.2 Å². The molecule has 0 spiro atoms. The van der Waals surface area contributed by atoms with Gasteiger partial charge in [0.15, 0.2) is 0 Å². The predicted octanol–water partition coefficient (Wildman–Crippen LogP) is 1.28. The fourth-order valence-corrected chi connectivity index (χ4v) is 4.19. The minimum absolute atomic E-state index is 0.0296. The molecule has 1 aromatic rings. The van der Waals surface area contributed by atoms with Crippen LogP contribution in [0, 0.1) is 0 Å². The van der Waals surface area contributed by atoms with E-state index in [1.807, 2.05) is 13.8 Å². The van der Waals surface area contributed by atoms with Crippen LogP contribution in [0.2, 0.25) is 0 Å². The van der Waals surface area contributed by atoms with Gasteiger partial charge in [0, 0.05) is 25.3 Å². The third kappa shape index (κ3) is 2.52. The quantitative estimate of drug-likeness (QED) is 0.884. The van der Waals surface area contributed by atoms with Gasteiger partial charge in [-0.25, -0.2) is 13.2 Å². The van der Waals surface area contributed by atoms with Gasteiger partial charge in [-0.15, -0.1) is 0 Å². The molecule has 1 heterocycles. The van der Waals surface area contributed by atoms with Gasteiger partial charge in [-0.2, -0.15) is 4.31 Å². The zero-order chi connectivity index (χ0) is 14.4. The molecule has 0 saturated heterocycles. The van der Waals surface area contributed by atoms with Crippen molar-refractivity contribution in [3.05, 3.63) is 18.0 Å². The normalized spacial score (nSPS) is 16.3. The SMILES string of the molecule is CC(C)N(C1CC1)S(=O)(=O)c1cc(C(=O)O)n(C)c1. The minimum atomic E-state index is -3.62. The maximum absolute atomic E-state index is 12.6. The fraction of sp³-hybridized carbons (Fsp3) is 0.583. The smallest absolute Gasteiger partial charge is 0.352 e. The lowest BCUT2D eigenvalue weighted by Crippen LogP contribution is -2.38. The van der Waals surface area contributed by atoms with Crippen LogP contribution < -0.4 is 0 Å². The van der Waals surface area contributed by atoms with Crippen molar-refractivity contribution in [1.82, 2.24) is 8.87 Å². The Morgan fingerprint density at radius 3 is 2.42 bits per heavy atom. The van der Waals surface area contributed by atoms with Gasteiger partial charge < -0.3 is 9.67 Å². The van der Waals surface area contributed by atoms with Gasteiger partial charge in [0.25, 0.3) is 0 Å². The second kappa shape index (κ2) is 4.64. The number of carboxylic acid groups (broad SMARTS) is 1. The third-order valence-corrected chi connectivity index (χ3v) is 5.28. The second-order valence-corrected chi connectivity index (χ2v) is 6.98. The number of carbonyl (C=O) groups is 1. The van der Waals surface area contributed by atoms with Crippen LogP contribution in [0.15, 0.2) is 17.2 Å². The number of aryl methyl sites for hydroxylation is 1. The van der Waals surface area contributed by atoms with Crippen molar-refractivity contribution in [1.29, 1.82) is 0 Å². The van der Waals surface area contributed by atoms with Gasteiger partial charge in [0.2, 0.25) is 10.0 Å². The molecule has 1 aliphatic carbocycles. The summed E-state index contributed by atoms with van der Waals surface area (Å²) in [5.74, 6) is -1.13. The summed E-state index contributed by atoms with van der Waals surface area (Å²) in [6, 6.07) is 1.14. The molecule has 7 heteroatoms. The van der Waals surface area contributed by atoms with Gasteiger partial charge in [-0.05, 0) is 32.8 Å². The average molecular weight is 286 g/mol. The molecule has 6 nitrogen and oxygen atoms in total. The van der Waals surface area contributed by atoms with E-state index in [0.29, 0.717) is 0 Å². The maximum atomic E-state index is 12.6. The summed E-state index contributed by atoms with van der Waals surface area (Å²) in [6.45, 7) is 3.66. The Hall–Kier alpha value is -1.34. The Morgan fingerprint density at radius 2 is 2.05 bits per heavy atom. The van der Waals surface area contributed by atoms with Crippen LogP contribution in [0.1, 0.15) is 37.2 Å². The van der Waals surface area contributed by atoms with E-state index in [9.17, 15) is 13.2 Å². The van der Waals surface area contributed by atoms with Gasteiger partial charge in [0.1, 0.15) is 10.6 Å². The monoisotopic (exact) mass is 286 g/mol. The Bertz CT molecular complexity index is 597. The zero-order valence-electron chi connectivity index (χ0n) is 11.2. The van der Waals surface area contributed by atoms with Crippen LogP contribution in [0.3, 0.4) is 0 Å². The number of nitrogens with zero attached hydrogens (tertiary/aromatic N) is 2. The van der Waals surface area contributed by atoms with E-state index in [-0.39, 0.29) is 22.7 Å². The first-order valence-electron chi connectivity index (χ1n) is 6.18. The lowest BCUT2D eigenvalue weighted by molar-refractivity contribution is 0.0686. The number of hydrogen-bond donors (Lipinski definition) is 1. The van der Waals surface area contributed by atoms with E-state index in [1.54, 1.807) is 0 Å². The molecular weight excluding hydrogens is 268 g/mol. The molecule has 19 heavy (non-hydrogen) atoms. The Morgan fingerprint density at radius 1 is 1.47 bits per heavy atom. The summed E-state index contributed by atoms with van der Waals surface area (Å²) in [6.07, 6.45) is 3.10. The molecule has 0 bridgehead atoms. The molecular formula is C12H18N2O4S. The largest absolute Gasteiger partial charge is 0.477 e. The predicted molar refractivity (Wildman–Crippen MR) is 69.6 cm³/mol. The maximum Gasteiger partial charge on any atom is 0.352 e. The number of sulfonamides is 1. The van der Waals surface area contributed by atoms with Crippen LogP contribution in [0.4, 0.5) is 0 Å². The number of aromatic carboxylic acids is 1. The van der Waals surface area contributed by atoms with Crippen molar-refractivity contribution in [2.24, 2.45) is 7.05 Å². The highest BCUT2D eigenvalue weighted by molar-refractivity contribution is 7.89. The highest BCUT2D eigenvalue weighted by Gasteiger charge is 2.40. The molecule has 2 rings (SSSR count).